The van der Waals surface area contributed by atoms with Crippen LogP contribution in [0.15, 0.2) is 11.6 Å². The average molecular weight is 348 g/mol. The van der Waals surface area contributed by atoms with Crippen LogP contribution >= 0.6 is 0 Å². The van der Waals surface area contributed by atoms with E-state index in [1.807, 2.05) is 6.92 Å². The first-order chi connectivity index (χ1) is 11.3. The van der Waals surface area contributed by atoms with Crippen molar-refractivity contribution in [3.63, 3.8) is 0 Å². The molecule has 8 heteroatoms. The fourth-order valence-corrected chi connectivity index (χ4v) is 2.41. The number of rotatable bonds is 9. The lowest BCUT2D eigenvalue weighted by atomic mass is 9.99. The highest BCUT2D eigenvalue weighted by Gasteiger charge is 2.43. The molecule has 140 valence electrons. The summed E-state index contributed by atoms with van der Waals surface area (Å²) in [6.45, 7) is 3.33. The molecule has 1 aliphatic heterocycles. The topological polar surface area (TPSA) is 137 Å². The molecule has 0 aliphatic carbocycles. The molecule has 5 N–H and O–H groups in total. The summed E-state index contributed by atoms with van der Waals surface area (Å²) in [6, 6.07) is 0. The maximum Gasteiger partial charge on any atom is 0.330 e. The minimum absolute atomic E-state index is 0.269. The van der Waals surface area contributed by atoms with Crippen LogP contribution in [0.3, 0.4) is 0 Å². The Morgan fingerprint density at radius 1 is 1.21 bits per heavy atom. The Hall–Kier alpha value is -1.03. The van der Waals surface area contributed by atoms with Crippen LogP contribution in [0, 0.1) is 5.92 Å². The third-order valence-electron chi connectivity index (χ3n) is 4.19. The van der Waals surface area contributed by atoms with Gasteiger partial charge in [0.2, 0.25) is 0 Å². The van der Waals surface area contributed by atoms with Gasteiger partial charge in [0.1, 0.15) is 24.4 Å². The van der Waals surface area contributed by atoms with Crippen LogP contribution in [0.25, 0.3) is 0 Å². The van der Waals surface area contributed by atoms with E-state index in [9.17, 15) is 20.1 Å². The number of carboxylic acid groups (broad SMARTS) is 1. The SMILES string of the molecule is CC(=CCCC(C)CCOC1OC(CO)C(O)C(O)C1O)C(=O)O. The maximum atomic E-state index is 10.7. The molecule has 6 atom stereocenters. The molecule has 0 amide bonds. The highest BCUT2D eigenvalue weighted by Crippen LogP contribution is 2.22. The highest BCUT2D eigenvalue weighted by molar-refractivity contribution is 5.85. The van der Waals surface area contributed by atoms with Gasteiger partial charge in [-0.2, -0.15) is 0 Å². The number of allylic oxidation sites excluding steroid dienone is 1. The molecule has 0 spiro atoms. The first-order valence-electron chi connectivity index (χ1n) is 8.10. The highest BCUT2D eigenvalue weighted by atomic mass is 16.7. The lowest BCUT2D eigenvalue weighted by Gasteiger charge is -2.39. The first-order valence-corrected chi connectivity index (χ1v) is 8.10. The third-order valence-corrected chi connectivity index (χ3v) is 4.19. The van der Waals surface area contributed by atoms with E-state index in [4.69, 9.17) is 19.7 Å². The van der Waals surface area contributed by atoms with E-state index in [0.29, 0.717) is 18.4 Å². The summed E-state index contributed by atoms with van der Waals surface area (Å²) >= 11 is 0. The number of aliphatic hydroxyl groups excluding tert-OH is 4. The molecule has 0 aromatic heterocycles. The smallest absolute Gasteiger partial charge is 0.330 e. The average Bonchev–Trinajstić information content (AvgIpc) is 2.54. The molecule has 1 fully saturated rings. The second-order valence-corrected chi connectivity index (χ2v) is 6.23. The van der Waals surface area contributed by atoms with Crippen molar-refractivity contribution in [3.05, 3.63) is 11.6 Å². The van der Waals surface area contributed by atoms with Crippen LogP contribution in [-0.4, -0.2) is 75.4 Å². The molecule has 1 heterocycles. The van der Waals surface area contributed by atoms with Crippen LogP contribution in [0.2, 0.25) is 0 Å². The van der Waals surface area contributed by atoms with E-state index >= 15 is 0 Å². The van der Waals surface area contributed by atoms with Crippen LogP contribution in [0.4, 0.5) is 0 Å². The van der Waals surface area contributed by atoms with Crippen LogP contribution < -0.4 is 0 Å². The van der Waals surface area contributed by atoms with Crippen molar-refractivity contribution in [2.75, 3.05) is 13.2 Å². The van der Waals surface area contributed by atoms with E-state index in [2.05, 4.69) is 0 Å². The second-order valence-electron chi connectivity index (χ2n) is 6.23. The Morgan fingerprint density at radius 2 is 1.88 bits per heavy atom. The molecule has 6 unspecified atom stereocenters. The summed E-state index contributed by atoms with van der Waals surface area (Å²) in [4.78, 5) is 10.7. The van der Waals surface area contributed by atoms with Gasteiger partial charge in [0.25, 0.3) is 0 Å². The van der Waals surface area contributed by atoms with E-state index in [-0.39, 0.29) is 12.5 Å². The summed E-state index contributed by atoms with van der Waals surface area (Å²) in [7, 11) is 0. The number of hydrogen-bond donors (Lipinski definition) is 5. The molecule has 1 saturated heterocycles. The molecule has 0 bridgehead atoms. The van der Waals surface area contributed by atoms with Crippen molar-refractivity contribution in [2.24, 2.45) is 5.92 Å². The van der Waals surface area contributed by atoms with Gasteiger partial charge in [0.15, 0.2) is 6.29 Å². The van der Waals surface area contributed by atoms with Gasteiger partial charge in [0, 0.05) is 5.57 Å². The third kappa shape index (κ3) is 6.12. The van der Waals surface area contributed by atoms with Gasteiger partial charge in [-0.3, -0.25) is 0 Å². The van der Waals surface area contributed by atoms with Gasteiger partial charge in [-0.15, -0.1) is 0 Å². The maximum absolute atomic E-state index is 10.7. The van der Waals surface area contributed by atoms with E-state index in [1.165, 1.54) is 0 Å². The Balaban J connectivity index is 2.33. The normalized spacial score (nSPS) is 32.6. The van der Waals surface area contributed by atoms with Crippen molar-refractivity contribution >= 4 is 5.97 Å². The monoisotopic (exact) mass is 348 g/mol. The largest absolute Gasteiger partial charge is 0.478 e. The Bertz CT molecular complexity index is 422. The van der Waals surface area contributed by atoms with Crippen molar-refractivity contribution < 1.29 is 39.8 Å². The second kappa shape index (κ2) is 10.1. The predicted molar refractivity (Wildman–Crippen MR) is 84.1 cm³/mol. The van der Waals surface area contributed by atoms with Gasteiger partial charge in [-0.1, -0.05) is 13.0 Å². The molecule has 24 heavy (non-hydrogen) atoms. The fourth-order valence-electron chi connectivity index (χ4n) is 2.41. The lowest BCUT2D eigenvalue weighted by molar-refractivity contribution is -0.301. The van der Waals surface area contributed by atoms with Gasteiger partial charge >= 0.3 is 5.97 Å². The predicted octanol–water partition coefficient (Wildman–Crippen LogP) is -0.360. The Morgan fingerprint density at radius 3 is 2.46 bits per heavy atom. The van der Waals surface area contributed by atoms with Crippen molar-refractivity contribution in [1.29, 1.82) is 0 Å². The number of ether oxygens (including phenoxy) is 2. The first kappa shape index (κ1) is 21.0. The molecular formula is C16H28O8. The zero-order chi connectivity index (χ0) is 18.3. The van der Waals surface area contributed by atoms with Crippen LogP contribution in [-0.2, 0) is 14.3 Å². The zero-order valence-electron chi connectivity index (χ0n) is 14.0. The minimum atomic E-state index is -1.44. The van der Waals surface area contributed by atoms with Crippen molar-refractivity contribution in [3.8, 4) is 0 Å². The lowest BCUT2D eigenvalue weighted by Crippen LogP contribution is -2.59. The molecule has 0 aromatic rings. The summed E-state index contributed by atoms with van der Waals surface area (Å²) in [5.74, 6) is -0.652. The molecule has 1 rings (SSSR count). The molecule has 1 aliphatic rings. The summed E-state index contributed by atoms with van der Waals surface area (Å²) < 4.78 is 10.7. The Kier molecular flexibility index (Phi) is 8.82. The fraction of sp³-hybridized carbons (Fsp3) is 0.812. The summed E-state index contributed by atoms with van der Waals surface area (Å²) in [5.41, 5.74) is 0.319. The van der Waals surface area contributed by atoms with E-state index < -0.39 is 43.3 Å². The van der Waals surface area contributed by atoms with Crippen molar-refractivity contribution in [1.82, 2.24) is 0 Å². The number of aliphatic hydroxyl groups is 4. The molecule has 0 aromatic carbocycles. The standard InChI is InChI=1S/C16H28O8/c1-9(4-3-5-10(2)15(21)22)6-7-23-16-14(20)13(19)12(18)11(8-17)24-16/h5,9,11-14,16-20H,3-4,6-8H2,1-2H3,(H,21,22). The van der Waals surface area contributed by atoms with Gasteiger partial charge in [-0.25, -0.2) is 4.79 Å². The quantitative estimate of drug-likeness (QED) is 0.356. The van der Waals surface area contributed by atoms with Crippen LogP contribution in [0.1, 0.15) is 33.1 Å². The van der Waals surface area contributed by atoms with Crippen molar-refractivity contribution in [2.45, 2.75) is 63.8 Å². The Labute approximate surface area is 141 Å². The van der Waals surface area contributed by atoms with Gasteiger partial charge in [0.05, 0.1) is 13.2 Å². The molecule has 0 radical (unpaired) electrons. The van der Waals surface area contributed by atoms with E-state index in [0.717, 1.165) is 6.42 Å². The van der Waals surface area contributed by atoms with Gasteiger partial charge < -0.3 is 35.0 Å². The summed E-state index contributed by atoms with van der Waals surface area (Å²) in [6.07, 6.45) is -2.53. The minimum Gasteiger partial charge on any atom is -0.478 e. The molecular weight excluding hydrogens is 320 g/mol. The van der Waals surface area contributed by atoms with Crippen LogP contribution in [0.5, 0.6) is 0 Å². The van der Waals surface area contributed by atoms with Gasteiger partial charge in [-0.05, 0) is 32.1 Å². The number of hydrogen-bond acceptors (Lipinski definition) is 7. The zero-order valence-corrected chi connectivity index (χ0v) is 14.0. The summed E-state index contributed by atoms with van der Waals surface area (Å²) in [5, 5.41) is 47.0. The molecule has 8 nitrogen and oxygen atoms in total. The molecule has 0 saturated carbocycles. The van der Waals surface area contributed by atoms with E-state index in [1.54, 1.807) is 13.0 Å². The number of aliphatic carboxylic acids is 1. The number of carboxylic acids is 1. The number of carbonyl (C=O) groups is 1.